The monoisotopic (exact) mass is 344 g/mol. The van der Waals surface area contributed by atoms with Crippen LogP contribution in [0.25, 0.3) is 0 Å². The molecule has 1 unspecified atom stereocenters. The number of ether oxygens (including phenoxy) is 1. The lowest BCUT2D eigenvalue weighted by atomic mass is 10.0. The number of hydrogen-bond donors (Lipinski definition) is 2. The molecule has 0 saturated heterocycles. The molecule has 2 N–H and O–H groups in total. The predicted molar refractivity (Wildman–Crippen MR) is 92.9 cm³/mol. The van der Waals surface area contributed by atoms with Crippen LogP contribution in [-0.2, 0) is 4.79 Å². The van der Waals surface area contributed by atoms with Gasteiger partial charge in [0.15, 0.2) is 0 Å². The predicted octanol–water partition coefficient (Wildman–Crippen LogP) is 2.83. The number of nitrogens with one attached hydrogen (secondary N) is 2. The Morgan fingerprint density at radius 2 is 1.80 bits per heavy atom. The third-order valence-electron chi connectivity index (χ3n) is 3.77. The Kier molecular flexibility index (Phi) is 6.51. The second kappa shape index (κ2) is 8.82. The molecule has 0 radical (unpaired) electrons. The number of para-hydroxylation sites is 1. The summed E-state index contributed by atoms with van der Waals surface area (Å²) in [6.45, 7) is 1.79. The molecule has 0 fully saturated rings. The molecule has 6 heteroatoms. The molecule has 2 amide bonds. The van der Waals surface area contributed by atoms with Crippen molar-refractivity contribution in [2.45, 2.75) is 19.4 Å². The number of amides is 2. The first-order valence-corrected chi connectivity index (χ1v) is 8.01. The fourth-order valence-electron chi connectivity index (χ4n) is 2.46. The van der Waals surface area contributed by atoms with Crippen molar-refractivity contribution >= 4 is 11.8 Å². The van der Waals surface area contributed by atoms with Crippen LogP contribution in [-0.4, -0.2) is 25.5 Å². The Balaban J connectivity index is 1.94. The standard InChI is InChI=1S/C19H21FN2O3/c1-3-16(15-6-4-5-7-17(15)25-2)22-18(23)12-21-19(24)13-8-10-14(20)11-9-13/h4-11,16H,3,12H2,1-2H3,(H,21,24)(H,22,23). The minimum atomic E-state index is -0.430. The Hall–Kier alpha value is -2.89. The van der Waals surface area contributed by atoms with Crippen molar-refractivity contribution in [3.05, 3.63) is 65.5 Å². The fraction of sp³-hybridized carbons (Fsp3) is 0.263. The van der Waals surface area contributed by atoms with Crippen LogP contribution in [0.5, 0.6) is 5.75 Å². The smallest absolute Gasteiger partial charge is 0.251 e. The number of hydrogen-bond acceptors (Lipinski definition) is 3. The molecule has 25 heavy (non-hydrogen) atoms. The third kappa shape index (κ3) is 5.04. The summed E-state index contributed by atoms with van der Waals surface area (Å²) in [5.74, 6) is -0.462. The van der Waals surface area contributed by atoms with Gasteiger partial charge in [0.2, 0.25) is 5.91 Å². The van der Waals surface area contributed by atoms with Gasteiger partial charge in [-0.25, -0.2) is 4.39 Å². The van der Waals surface area contributed by atoms with Gasteiger partial charge in [0.1, 0.15) is 11.6 Å². The van der Waals surface area contributed by atoms with Crippen molar-refractivity contribution in [3.8, 4) is 5.75 Å². The van der Waals surface area contributed by atoms with Crippen molar-refractivity contribution in [3.63, 3.8) is 0 Å². The van der Waals surface area contributed by atoms with E-state index in [4.69, 9.17) is 4.74 Å². The molecule has 1 atom stereocenters. The molecule has 0 bridgehead atoms. The Morgan fingerprint density at radius 3 is 2.44 bits per heavy atom. The lowest BCUT2D eigenvalue weighted by molar-refractivity contribution is -0.120. The zero-order chi connectivity index (χ0) is 18.2. The summed E-state index contributed by atoms with van der Waals surface area (Å²) >= 11 is 0. The van der Waals surface area contributed by atoms with Crippen LogP contribution in [0.3, 0.4) is 0 Å². The average molecular weight is 344 g/mol. The van der Waals surface area contributed by atoms with Crippen molar-refractivity contribution < 1.29 is 18.7 Å². The molecule has 0 aliphatic carbocycles. The largest absolute Gasteiger partial charge is 0.496 e. The number of rotatable bonds is 7. The molecule has 2 aromatic rings. The highest BCUT2D eigenvalue weighted by molar-refractivity contribution is 5.96. The van der Waals surface area contributed by atoms with E-state index < -0.39 is 11.7 Å². The minimum Gasteiger partial charge on any atom is -0.496 e. The summed E-state index contributed by atoms with van der Waals surface area (Å²) in [5.41, 5.74) is 1.18. The summed E-state index contributed by atoms with van der Waals surface area (Å²) in [6, 6.07) is 12.4. The number of halogens is 1. The maximum absolute atomic E-state index is 12.9. The summed E-state index contributed by atoms with van der Waals surface area (Å²) in [7, 11) is 1.58. The maximum atomic E-state index is 12.9. The molecule has 2 rings (SSSR count). The lowest BCUT2D eigenvalue weighted by Crippen LogP contribution is -2.38. The first-order valence-electron chi connectivity index (χ1n) is 8.01. The highest BCUT2D eigenvalue weighted by Crippen LogP contribution is 2.26. The molecule has 0 heterocycles. The van der Waals surface area contributed by atoms with Crippen LogP contribution in [0.1, 0.15) is 35.3 Å². The fourth-order valence-corrected chi connectivity index (χ4v) is 2.46. The van der Waals surface area contributed by atoms with Crippen LogP contribution in [0.2, 0.25) is 0 Å². The van der Waals surface area contributed by atoms with Gasteiger partial charge in [0.05, 0.1) is 19.7 Å². The van der Waals surface area contributed by atoms with Crippen LogP contribution in [0.15, 0.2) is 48.5 Å². The summed E-state index contributed by atoms with van der Waals surface area (Å²) in [4.78, 5) is 24.1. The van der Waals surface area contributed by atoms with Gasteiger partial charge in [0, 0.05) is 11.1 Å². The van der Waals surface area contributed by atoms with E-state index in [0.29, 0.717) is 17.7 Å². The molecular weight excluding hydrogens is 323 g/mol. The highest BCUT2D eigenvalue weighted by atomic mass is 19.1. The van der Waals surface area contributed by atoms with Gasteiger partial charge in [-0.3, -0.25) is 9.59 Å². The van der Waals surface area contributed by atoms with Crippen LogP contribution < -0.4 is 15.4 Å². The van der Waals surface area contributed by atoms with E-state index in [1.165, 1.54) is 24.3 Å². The number of carbonyl (C=O) groups is 2. The normalized spacial score (nSPS) is 11.5. The van der Waals surface area contributed by atoms with Gasteiger partial charge < -0.3 is 15.4 Å². The maximum Gasteiger partial charge on any atom is 0.251 e. The molecule has 2 aromatic carbocycles. The van der Waals surface area contributed by atoms with Gasteiger partial charge in [-0.1, -0.05) is 25.1 Å². The quantitative estimate of drug-likeness (QED) is 0.812. The second-order valence-electron chi connectivity index (χ2n) is 5.46. The molecule has 0 aliphatic rings. The summed E-state index contributed by atoms with van der Waals surface area (Å²) < 4.78 is 18.2. The Labute approximate surface area is 146 Å². The van der Waals surface area contributed by atoms with Crippen LogP contribution in [0.4, 0.5) is 4.39 Å². The molecule has 0 saturated carbocycles. The molecule has 0 aliphatic heterocycles. The van der Waals surface area contributed by atoms with Gasteiger partial charge in [-0.15, -0.1) is 0 Å². The van der Waals surface area contributed by atoms with Crippen molar-refractivity contribution in [1.29, 1.82) is 0 Å². The van der Waals surface area contributed by atoms with E-state index in [9.17, 15) is 14.0 Å². The second-order valence-corrected chi connectivity index (χ2v) is 5.46. The summed E-state index contributed by atoms with van der Waals surface area (Å²) in [6.07, 6.45) is 0.679. The van der Waals surface area contributed by atoms with Gasteiger partial charge in [-0.05, 0) is 36.8 Å². The first-order chi connectivity index (χ1) is 12.0. The Bertz CT molecular complexity index is 732. The SMILES string of the molecule is CCC(NC(=O)CNC(=O)c1ccc(F)cc1)c1ccccc1OC. The van der Waals surface area contributed by atoms with Gasteiger partial charge in [-0.2, -0.15) is 0 Å². The highest BCUT2D eigenvalue weighted by Gasteiger charge is 2.17. The molecule has 0 aromatic heterocycles. The molecule has 5 nitrogen and oxygen atoms in total. The van der Waals surface area contributed by atoms with E-state index in [2.05, 4.69) is 10.6 Å². The zero-order valence-electron chi connectivity index (χ0n) is 14.2. The number of carbonyl (C=O) groups excluding carboxylic acids is 2. The van der Waals surface area contributed by atoms with Crippen LogP contribution in [0, 0.1) is 5.82 Å². The zero-order valence-corrected chi connectivity index (χ0v) is 14.2. The molecular formula is C19H21FN2O3. The van der Waals surface area contributed by atoms with Crippen molar-refractivity contribution in [1.82, 2.24) is 10.6 Å². The van der Waals surface area contributed by atoms with E-state index in [1.807, 2.05) is 31.2 Å². The third-order valence-corrected chi connectivity index (χ3v) is 3.77. The Morgan fingerprint density at radius 1 is 1.12 bits per heavy atom. The van der Waals surface area contributed by atoms with E-state index in [-0.39, 0.29) is 18.5 Å². The van der Waals surface area contributed by atoms with Crippen molar-refractivity contribution in [2.75, 3.05) is 13.7 Å². The number of methoxy groups -OCH3 is 1. The van der Waals surface area contributed by atoms with E-state index in [0.717, 1.165) is 5.56 Å². The summed E-state index contributed by atoms with van der Waals surface area (Å²) in [5, 5.41) is 5.40. The molecule has 132 valence electrons. The topological polar surface area (TPSA) is 67.4 Å². The van der Waals surface area contributed by atoms with Gasteiger partial charge in [0.25, 0.3) is 5.91 Å². The average Bonchev–Trinajstić information content (AvgIpc) is 2.64. The number of benzene rings is 2. The molecule has 0 spiro atoms. The minimum absolute atomic E-state index is 0.165. The van der Waals surface area contributed by atoms with Crippen LogP contribution >= 0.6 is 0 Å². The van der Waals surface area contributed by atoms with Gasteiger partial charge >= 0.3 is 0 Å². The van der Waals surface area contributed by atoms with E-state index in [1.54, 1.807) is 7.11 Å². The van der Waals surface area contributed by atoms with Crippen molar-refractivity contribution in [2.24, 2.45) is 0 Å². The lowest BCUT2D eigenvalue weighted by Gasteiger charge is -2.20. The first kappa shape index (κ1) is 18.4. The van der Waals surface area contributed by atoms with E-state index >= 15 is 0 Å².